The van der Waals surface area contributed by atoms with Gasteiger partial charge in [0.05, 0.1) is 40.3 Å². The number of unbranched alkanes of at least 4 members (excludes halogenated alkanes) is 17. The second-order valence-corrected chi connectivity index (χ2v) is 13.2. The van der Waals surface area contributed by atoms with Crippen LogP contribution in [0.5, 0.6) is 0 Å². The Hall–Kier alpha value is -1.71. The zero-order valence-corrected chi connectivity index (χ0v) is 29.0. The van der Waals surface area contributed by atoms with Crippen molar-refractivity contribution >= 4 is 17.9 Å². The number of carbonyl (C=O) groups is 3. The van der Waals surface area contributed by atoms with E-state index in [1.807, 2.05) is 21.1 Å². The van der Waals surface area contributed by atoms with E-state index >= 15 is 0 Å². The lowest BCUT2D eigenvalue weighted by Gasteiger charge is -2.26. The Bertz CT molecular complexity index is 709. The molecule has 0 saturated heterocycles. The van der Waals surface area contributed by atoms with Crippen LogP contribution in [0, 0.1) is 0 Å². The van der Waals surface area contributed by atoms with Gasteiger partial charge >= 0.3 is 11.9 Å². The lowest BCUT2D eigenvalue weighted by molar-refractivity contribution is -0.870. The molecule has 0 aliphatic carbocycles. The summed E-state index contributed by atoms with van der Waals surface area (Å²) in [6.45, 7) is 4.68. The molecule has 0 aromatic heterocycles. The summed E-state index contributed by atoms with van der Waals surface area (Å²) in [4.78, 5) is 36.5. The maximum absolute atomic E-state index is 12.6. The maximum atomic E-state index is 12.6. The van der Waals surface area contributed by atoms with Crippen LogP contribution in [0.15, 0.2) is 0 Å². The van der Waals surface area contributed by atoms with Crippen LogP contribution in [-0.2, 0) is 33.3 Å². The predicted octanol–water partition coefficient (Wildman–Crippen LogP) is 6.49. The highest BCUT2D eigenvalue weighted by Crippen LogP contribution is 2.14. The molecule has 0 aromatic rings. The molecule has 44 heavy (non-hydrogen) atoms. The predicted molar refractivity (Wildman–Crippen MR) is 173 cm³/mol. The van der Waals surface area contributed by atoms with Gasteiger partial charge in [0.15, 0.2) is 12.4 Å². The van der Waals surface area contributed by atoms with E-state index in [4.69, 9.17) is 18.9 Å². The molecule has 0 amide bonds. The van der Waals surface area contributed by atoms with Gasteiger partial charge in [-0.2, -0.15) is 0 Å². The van der Waals surface area contributed by atoms with Gasteiger partial charge in [-0.05, 0) is 12.8 Å². The number of likely N-dealkylation sites (N-methyl/N-ethyl adjacent to an activating group) is 1. The van der Waals surface area contributed by atoms with Crippen molar-refractivity contribution in [2.75, 3.05) is 47.5 Å². The van der Waals surface area contributed by atoms with E-state index in [9.17, 15) is 19.5 Å². The highest BCUT2D eigenvalue weighted by molar-refractivity contribution is 5.70. The van der Waals surface area contributed by atoms with Crippen molar-refractivity contribution in [3.8, 4) is 0 Å². The summed E-state index contributed by atoms with van der Waals surface area (Å²) >= 11 is 0. The van der Waals surface area contributed by atoms with E-state index in [1.165, 1.54) is 83.5 Å². The highest BCUT2D eigenvalue weighted by atomic mass is 16.7. The number of carboxylic acids is 1. The Morgan fingerprint density at radius 2 is 1.02 bits per heavy atom. The number of esters is 2. The Balaban J connectivity index is 4.58. The fourth-order valence-electron chi connectivity index (χ4n) is 4.77. The summed E-state index contributed by atoms with van der Waals surface area (Å²) in [5.41, 5.74) is 0. The summed E-state index contributed by atoms with van der Waals surface area (Å²) in [7, 11) is 5.89. The van der Waals surface area contributed by atoms with Gasteiger partial charge in [0.25, 0.3) is 0 Å². The topological polar surface area (TPSA) is 111 Å². The van der Waals surface area contributed by atoms with Crippen molar-refractivity contribution in [3.05, 3.63) is 0 Å². The third kappa shape index (κ3) is 29.0. The minimum absolute atomic E-state index is 0.152. The van der Waals surface area contributed by atoms with Crippen molar-refractivity contribution < 1.29 is 42.9 Å². The van der Waals surface area contributed by atoms with Crippen LogP contribution >= 0.6 is 0 Å². The molecule has 9 heteroatoms. The van der Waals surface area contributed by atoms with Gasteiger partial charge in [-0.3, -0.25) is 9.59 Å². The van der Waals surface area contributed by atoms with Gasteiger partial charge < -0.3 is 33.3 Å². The first kappa shape index (κ1) is 42.3. The molecule has 0 fully saturated rings. The van der Waals surface area contributed by atoms with Crippen molar-refractivity contribution in [2.45, 2.75) is 161 Å². The lowest BCUT2D eigenvalue weighted by atomic mass is 10.1. The molecule has 0 saturated carbocycles. The summed E-state index contributed by atoms with van der Waals surface area (Å²) in [6, 6.07) is 0. The monoisotopic (exact) mass is 629 g/mol. The van der Waals surface area contributed by atoms with Crippen LogP contribution in [0.2, 0.25) is 0 Å². The Labute approximate surface area is 269 Å². The van der Waals surface area contributed by atoms with E-state index in [0.717, 1.165) is 38.5 Å². The number of quaternary nitrogens is 1. The summed E-state index contributed by atoms with van der Waals surface area (Å²) in [5, 5.41) is 11.6. The first-order valence-corrected chi connectivity index (χ1v) is 17.7. The van der Waals surface area contributed by atoms with E-state index < -0.39 is 24.3 Å². The van der Waals surface area contributed by atoms with Crippen LogP contribution < -0.4 is 5.11 Å². The van der Waals surface area contributed by atoms with E-state index in [1.54, 1.807) is 0 Å². The second-order valence-electron chi connectivity index (χ2n) is 13.2. The van der Waals surface area contributed by atoms with Crippen LogP contribution in [0.3, 0.4) is 0 Å². The number of nitrogens with zero attached hydrogens (tertiary/aromatic N) is 1. The molecule has 0 heterocycles. The van der Waals surface area contributed by atoms with Crippen LogP contribution in [0.4, 0.5) is 0 Å². The van der Waals surface area contributed by atoms with Crippen molar-refractivity contribution in [1.29, 1.82) is 0 Å². The first-order chi connectivity index (χ1) is 21.1. The normalized spacial score (nSPS) is 13.0. The largest absolute Gasteiger partial charge is 0.545 e. The molecule has 0 spiro atoms. The van der Waals surface area contributed by atoms with Crippen LogP contribution in [-0.4, -0.2) is 82.3 Å². The number of hydrogen-bond donors (Lipinski definition) is 0. The molecule has 0 aliphatic heterocycles. The van der Waals surface area contributed by atoms with Gasteiger partial charge in [0.1, 0.15) is 13.2 Å². The summed E-state index contributed by atoms with van der Waals surface area (Å²) in [5.74, 6) is -2.29. The number of hydrogen-bond acceptors (Lipinski definition) is 8. The number of aliphatic carboxylic acids is 1. The molecule has 2 unspecified atom stereocenters. The molecule has 260 valence electrons. The highest BCUT2D eigenvalue weighted by Gasteiger charge is 2.21. The first-order valence-electron chi connectivity index (χ1n) is 17.7. The number of ether oxygens (including phenoxy) is 4. The standard InChI is InChI=1S/C35H67NO8/c1-6-8-10-12-14-16-17-18-20-22-24-26-33(38)44-31(30-43-35(34(39)40)41-28-27-36(3,4)5)29-42-32(37)25-23-21-19-15-13-11-9-7-2/h31,35H,6-30H2,1-5H3. The Morgan fingerprint density at radius 3 is 1.45 bits per heavy atom. The third-order valence-corrected chi connectivity index (χ3v) is 7.60. The maximum Gasteiger partial charge on any atom is 0.306 e. The van der Waals surface area contributed by atoms with E-state index in [0.29, 0.717) is 17.4 Å². The zero-order chi connectivity index (χ0) is 32.9. The average Bonchev–Trinajstić information content (AvgIpc) is 2.96. The third-order valence-electron chi connectivity index (χ3n) is 7.60. The van der Waals surface area contributed by atoms with Crippen molar-refractivity contribution in [1.82, 2.24) is 0 Å². The van der Waals surface area contributed by atoms with Gasteiger partial charge in [-0.1, -0.05) is 123 Å². The van der Waals surface area contributed by atoms with Gasteiger partial charge in [-0.15, -0.1) is 0 Å². The molecule has 0 aliphatic rings. The molecular formula is C35H67NO8. The molecule has 0 rings (SSSR count). The van der Waals surface area contributed by atoms with Gasteiger partial charge in [0.2, 0.25) is 0 Å². The van der Waals surface area contributed by atoms with Gasteiger partial charge in [-0.25, -0.2) is 0 Å². The quantitative estimate of drug-likeness (QED) is 0.0359. The van der Waals surface area contributed by atoms with Crippen molar-refractivity contribution in [3.63, 3.8) is 0 Å². The lowest BCUT2D eigenvalue weighted by Crippen LogP contribution is -2.44. The molecular weight excluding hydrogens is 562 g/mol. The number of carboxylic acid groups (broad SMARTS) is 1. The van der Waals surface area contributed by atoms with Crippen LogP contribution in [0.25, 0.3) is 0 Å². The number of rotatable bonds is 32. The van der Waals surface area contributed by atoms with Crippen molar-refractivity contribution in [2.24, 2.45) is 0 Å². The van der Waals surface area contributed by atoms with Gasteiger partial charge in [0, 0.05) is 12.8 Å². The molecule has 0 N–H and O–H groups in total. The smallest absolute Gasteiger partial charge is 0.306 e. The minimum Gasteiger partial charge on any atom is -0.545 e. The summed E-state index contributed by atoms with van der Waals surface area (Å²) < 4.78 is 22.3. The SMILES string of the molecule is CCCCCCCCCCCCCC(=O)OC(COC(=O)CCCCCCCCCC)COC(OCC[N+](C)(C)C)C(=O)[O-]. The van der Waals surface area contributed by atoms with Crippen LogP contribution in [0.1, 0.15) is 149 Å². The molecule has 2 atom stereocenters. The van der Waals surface area contributed by atoms with E-state index in [-0.39, 0.29) is 32.2 Å². The molecule has 0 aromatic carbocycles. The molecule has 0 bridgehead atoms. The zero-order valence-electron chi connectivity index (χ0n) is 29.0. The molecule has 9 nitrogen and oxygen atoms in total. The fourth-order valence-corrected chi connectivity index (χ4v) is 4.77. The fraction of sp³-hybridized carbons (Fsp3) is 0.914. The van der Waals surface area contributed by atoms with E-state index in [2.05, 4.69) is 13.8 Å². The number of carbonyl (C=O) groups excluding carboxylic acids is 3. The Morgan fingerprint density at radius 1 is 0.591 bits per heavy atom. The minimum atomic E-state index is -1.61. The summed E-state index contributed by atoms with van der Waals surface area (Å²) in [6.07, 6.45) is 20.0. The molecule has 0 radical (unpaired) electrons. The Kier molecular flexibility index (Phi) is 27.6. The average molecular weight is 630 g/mol. The second kappa shape index (κ2) is 28.7.